The number of rotatable bonds is 9. The lowest BCUT2D eigenvalue weighted by molar-refractivity contribution is -0.134. The van der Waals surface area contributed by atoms with Crippen LogP contribution in [0.4, 0.5) is 0 Å². The molecule has 2 unspecified atom stereocenters. The zero-order valence-electron chi connectivity index (χ0n) is 21.6. The van der Waals surface area contributed by atoms with Crippen molar-refractivity contribution in [3.05, 3.63) is 51.8 Å². The zero-order chi connectivity index (χ0) is 25.5. The summed E-state index contributed by atoms with van der Waals surface area (Å²) in [4.78, 5) is 27.3. The fourth-order valence-corrected chi connectivity index (χ4v) is 6.51. The number of hydrogen-bond acceptors (Lipinski definition) is 5. The second-order valence-corrected chi connectivity index (χ2v) is 10.9. The van der Waals surface area contributed by atoms with Gasteiger partial charge in [0.15, 0.2) is 0 Å². The second-order valence-electron chi connectivity index (χ2n) is 9.75. The fourth-order valence-electron chi connectivity index (χ4n) is 5.30. The molecule has 35 heavy (non-hydrogen) atoms. The Labute approximate surface area is 214 Å². The molecule has 2 aliphatic heterocycles. The average Bonchev–Trinajstić information content (AvgIpc) is 3.07. The Morgan fingerprint density at radius 1 is 1.37 bits per heavy atom. The van der Waals surface area contributed by atoms with Crippen molar-refractivity contribution in [2.24, 2.45) is 11.8 Å². The number of benzene rings is 1. The molecular formula is C29H39NO4S. The van der Waals surface area contributed by atoms with Crippen LogP contribution in [0.3, 0.4) is 0 Å². The van der Waals surface area contributed by atoms with Crippen LogP contribution < -0.4 is 0 Å². The first-order valence-electron chi connectivity index (χ1n) is 12.7. The normalized spacial score (nSPS) is 19.5. The highest BCUT2D eigenvalue weighted by molar-refractivity contribution is 7.99. The van der Waals surface area contributed by atoms with Crippen molar-refractivity contribution >= 4 is 29.7 Å². The summed E-state index contributed by atoms with van der Waals surface area (Å²) >= 11 is 1.93. The van der Waals surface area contributed by atoms with Gasteiger partial charge >= 0.3 is 5.97 Å². The zero-order valence-corrected chi connectivity index (χ0v) is 22.4. The third kappa shape index (κ3) is 6.05. The van der Waals surface area contributed by atoms with E-state index in [0.29, 0.717) is 12.0 Å². The van der Waals surface area contributed by atoms with E-state index in [0.717, 1.165) is 66.7 Å². The summed E-state index contributed by atoms with van der Waals surface area (Å²) in [6, 6.07) is 0. The highest BCUT2D eigenvalue weighted by Crippen LogP contribution is 2.40. The molecule has 2 atom stereocenters. The predicted molar refractivity (Wildman–Crippen MR) is 144 cm³/mol. The van der Waals surface area contributed by atoms with Gasteiger partial charge in [-0.3, -0.25) is 4.79 Å². The lowest BCUT2D eigenvalue weighted by atomic mass is 9.80. The molecule has 1 saturated heterocycles. The van der Waals surface area contributed by atoms with Gasteiger partial charge in [-0.25, -0.2) is 4.79 Å². The van der Waals surface area contributed by atoms with E-state index < -0.39 is 5.97 Å². The average molecular weight is 498 g/mol. The van der Waals surface area contributed by atoms with E-state index >= 15 is 0 Å². The maximum absolute atomic E-state index is 13.2. The molecule has 190 valence electrons. The Hall–Kier alpha value is -2.43. The minimum absolute atomic E-state index is 0.00476. The number of amides is 1. The van der Waals surface area contributed by atoms with Gasteiger partial charge in [-0.05, 0) is 55.6 Å². The van der Waals surface area contributed by atoms with Gasteiger partial charge in [-0.2, -0.15) is 11.8 Å². The largest absolute Gasteiger partial charge is 0.507 e. The minimum atomic E-state index is -0.472. The third-order valence-corrected chi connectivity index (χ3v) is 8.44. The van der Waals surface area contributed by atoms with E-state index in [1.165, 1.54) is 5.57 Å². The number of ether oxygens (including phenoxy) is 1. The van der Waals surface area contributed by atoms with Gasteiger partial charge in [-0.1, -0.05) is 44.4 Å². The molecule has 1 fully saturated rings. The summed E-state index contributed by atoms with van der Waals surface area (Å²) in [7, 11) is 3.70. The molecule has 2 heterocycles. The number of phenolic OH excluding ortho intramolecular Hbond substituents is 1. The van der Waals surface area contributed by atoms with Crippen molar-refractivity contribution in [2.75, 3.05) is 25.6 Å². The van der Waals surface area contributed by atoms with E-state index in [4.69, 9.17) is 4.74 Å². The number of unbranched alkanes of at least 4 members (excludes halogenated alkanes) is 2. The molecular weight excluding hydrogens is 458 g/mol. The van der Waals surface area contributed by atoms with E-state index in [2.05, 4.69) is 25.3 Å². The van der Waals surface area contributed by atoms with Crippen molar-refractivity contribution in [1.29, 1.82) is 0 Å². The molecule has 1 amide bonds. The summed E-state index contributed by atoms with van der Waals surface area (Å²) in [5, 5.41) is 11.1. The molecule has 0 spiro atoms. The number of phenols is 1. The molecule has 5 nitrogen and oxygen atoms in total. The van der Waals surface area contributed by atoms with Crippen molar-refractivity contribution in [1.82, 2.24) is 4.90 Å². The van der Waals surface area contributed by atoms with Crippen LogP contribution in [0.25, 0.3) is 6.08 Å². The first-order chi connectivity index (χ1) is 16.8. The van der Waals surface area contributed by atoms with E-state index in [1.807, 2.05) is 32.8 Å². The van der Waals surface area contributed by atoms with E-state index in [1.54, 1.807) is 11.0 Å². The quantitative estimate of drug-likeness (QED) is 0.194. The van der Waals surface area contributed by atoms with Gasteiger partial charge in [0.05, 0.1) is 0 Å². The number of allylic oxidation sites excluding steroid dienone is 2. The molecule has 1 aromatic carbocycles. The number of nitrogens with zero attached hydrogens (tertiary/aromatic N) is 1. The highest BCUT2D eigenvalue weighted by atomic mass is 32.2. The van der Waals surface area contributed by atoms with Crippen molar-refractivity contribution < 1.29 is 19.4 Å². The van der Waals surface area contributed by atoms with Gasteiger partial charge in [0.2, 0.25) is 5.91 Å². The summed E-state index contributed by atoms with van der Waals surface area (Å²) in [6.45, 7) is 8.04. The van der Waals surface area contributed by atoms with Crippen molar-refractivity contribution in [3.63, 3.8) is 0 Å². The van der Waals surface area contributed by atoms with Crippen LogP contribution in [0, 0.1) is 18.8 Å². The number of aromatic hydroxyl groups is 1. The molecule has 0 aromatic heterocycles. The Balaban J connectivity index is 2.02. The number of thioether (sulfide) groups is 1. The number of carbonyl (C=O) groups excluding carboxylic acids is 2. The summed E-state index contributed by atoms with van der Waals surface area (Å²) < 4.78 is 5.22. The summed E-state index contributed by atoms with van der Waals surface area (Å²) in [6.07, 6.45) is 10.7. The number of esters is 1. The second kappa shape index (κ2) is 12.5. The third-order valence-electron chi connectivity index (χ3n) is 7.26. The Morgan fingerprint density at radius 3 is 2.83 bits per heavy atom. The lowest BCUT2D eigenvalue weighted by Gasteiger charge is -2.29. The first-order valence-corrected chi connectivity index (χ1v) is 13.8. The molecule has 6 heteroatoms. The number of fused-ring (bicyclic) bond motifs is 1. The Kier molecular flexibility index (Phi) is 9.71. The van der Waals surface area contributed by atoms with Crippen LogP contribution in [0.5, 0.6) is 5.75 Å². The minimum Gasteiger partial charge on any atom is -0.507 e. The molecule has 2 aliphatic rings. The van der Waals surface area contributed by atoms with Gasteiger partial charge in [0.25, 0.3) is 0 Å². The molecule has 0 saturated carbocycles. The monoisotopic (exact) mass is 497 g/mol. The van der Waals surface area contributed by atoms with Crippen LogP contribution in [0.15, 0.2) is 24.0 Å². The fraction of sp³-hybridized carbons (Fsp3) is 0.552. The molecule has 0 bridgehead atoms. The Morgan fingerprint density at radius 2 is 2.14 bits per heavy atom. The summed E-state index contributed by atoms with van der Waals surface area (Å²) in [5.41, 5.74) is 7.61. The number of carbonyl (C=O) groups is 2. The van der Waals surface area contributed by atoms with Crippen LogP contribution in [-0.2, 0) is 22.6 Å². The smallest absolute Gasteiger partial charge is 0.342 e. The molecule has 1 N–H and O–H groups in total. The van der Waals surface area contributed by atoms with E-state index in [9.17, 15) is 14.7 Å². The van der Waals surface area contributed by atoms with Crippen LogP contribution in [-0.4, -0.2) is 47.5 Å². The predicted octanol–water partition coefficient (Wildman–Crippen LogP) is 6.07. The van der Waals surface area contributed by atoms with Crippen LogP contribution in [0.1, 0.15) is 78.1 Å². The highest BCUT2D eigenvalue weighted by Gasteiger charge is 2.34. The van der Waals surface area contributed by atoms with Gasteiger partial charge in [0, 0.05) is 42.8 Å². The molecule has 0 aliphatic carbocycles. The molecule has 1 aromatic rings. The standard InChI is InChI=1S/C29H39NO4S/c1-6-8-9-13-23(28(32)30(4)5)25-18-35-16-10-12-20(25)14-15-22-21(11-7-2)19(3)24-17-34-29(33)26(24)27(22)31/h11,14,23,25,31H,2,6,8-10,12-13,15-18H2,1,3-5H3/b20-14+. The SMILES string of the molecule is C=C=Cc1c(C)c2c(c(O)c1C/C=C1\CCCSCC1C(CCCCC)C(=O)N(C)C)C(=O)OC2. The lowest BCUT2D eigenvalue weighted by Crippen LogP contribution is -2.36. The topological polar surface area (TPSA) is 66.8 Å². The molecule has 3 rings (SSSR count). The number of cyclic esters (lactones) is 1. The van der Waals surface area contributed by atoms with E-state index in [-0.39, 0.29) is 35.7 Å². The van der Waals surface area contributed by atoms with Gasteiger partial charge < -0.3 is 14.7 Å². The maximum Gasteiger partial charge on any atom is 0.342 e. The number of hydrogen-bond donors (Lipinski definition) is 1. The van der Waals surface area contributed by atoms with Crippen molar-refractivity contribution in [2.45, 2.75) is 65.4 Å². The first kappa shape index (κ1) is 27.2. The van der Waals surface area contributed by atoms with Gasteiger partial charge in [0.1, 0.15) is 17.9 Å². The van der Waals surface area contributed by atoms with Crippen LogP contribution >= 0.6 is 11.8 Å². The maximum atomic E-state index is 13.2. The summed E-state index contributed by atoms with van der Waals surface area (Å²) in [5.74, 6) is 1.89. The molecule has 0 radical (unpaired) electrons. The van der Waals surface area contributed by atoms with Crippen molar-refractivity contribution in [3.8, 4) is 5.75 Å². The Bertz CT molecular complexity index is 1040. The van der Waals surface area contributed by atoms with Crippen LogP contribution in [0.2, 0.25) is 0 Å². The van der Waals surface area contributed by atoms with Gasteiger partial charge in [-0.15, -0.1) is 5.73 Å².